The zero-order valence-electron chi connectivity index (χ0n) is 14.6. The molecule has 7 nitrogen and oxygen atoms in total. The fourth-order valence-electron chi connectivity index (χ4n) is 2.80. The van der Waals surface area contributed by atoms with Crippen LogP contribution in [-0.2, 0) is 16.1 Å². The number of nitrogens with one attached hydrogen (secondary N) is 1. The lowest BCUT2D eigenvalue weighted by Gasteiger charge is -2.17. The summed E-state index contributed by atoms with van der Waals surface area (Å²) in [7, 11) is 3.72. The maximum absolute atomic E-state index is 12.5. The van der Waals surface area contributed by atoms with E-state index in [4.69, 9.17) is 0 Å². The molecule has 2 heterocycles. The van der Waals surface area contributed by atoms with Gasteiger partial charge >= 0.3 is 0 Å². The third-order valence-corrected chi connectivity index (χ3v) is 4.65. The van der Waals surface area contributed by atoms with E-state index in [2.05, 4.69) is 31.2 Å². The zero-order valence-corrected chi connectivity index (χ0v) is 16.2. The minimum absolute atomic E-state index is 0.0415. The Balaban J connectivity index is 1.61. The van der Waals surface area contributed by atoms with E-state index in [0.717, 1.165) is 15.9 Å². The first kappa shape index (κ1) is 18.3. The quantitative estimate of drug-likeness (QED) is 0.804. The van der Waals surface area contributed by atoms with Crippen LogP contribution in [0.3, 0.4) is 0 Å². The average molecular weight is 418 g/mol. The van der Waals surface area contributed by atoms with Gasteiger partial charge in [0.2, 0.25) is 17.8 Å². The average Bonchev–Trinajstić information content (AvgIpc) is 3.02. The highest BCUT2D eigenvalue weighted by Crippen LogP contribution is 2.27. The second kappa shape index (κ2) is 7.82. The zero-order chi connectivity index (χ0) is 18.7. The Labute approximate surface area is 160 Å². The lowest BCUT2D eigenvalue weighted by atomic mass is 10.1. The second-order valence-electron chi connectivity index (χ2n) is 6.35. The fourth-order valence-corrected chi connectivity index (χ4v) is 3.18. The Hall–Kier alpha value is -2.48. The Morgan fingerprint density at radius 2 is 2.19 bits per heavy atom. The van der Waals surface area contributed by atoms with E-state index in [0.29, 0.717) is 19.0 Å². The molecule has 0 bridgehead atoms. The van der Waals surface area contributed by atoms with Crippen LogP contribution in [0.1, 0.15) is 12.1 Å². The molecule has 8 heteroatoms. The standard InChI is InChI=1S/C18H20BrN5O2/c1-23(2)18-20-7-6-14(22-18)10-21-17(26)12-8-16(25)24(11-12)15-5-3-4-13(19)9-15/h3-7,9,12H,8,10-11H2,1-2H3,(H,21,26). The number of rotatable bonds is 5. The normalized spacial score (nSPS) is 16.7. The van der Waals surface area contributed by atoms with E-state index in [1.165, 1.54) is 0 Å². The van der Waals surface area contributed by atoms with Gasteiger partial charge in [-0.1, -0.05) is 22.0 Å². The second-order valence-corrected chi connectivity index (χ2v) is 7.26. The molecule has 0 saturated carbocycles. The minimum Gasteiger partial charge on any atom is -0.350 e. The number of aromatic nitrogens is 2. The molecule has 1 saturated heterocycles. The van der Waals surface area contributed by atoms with Crippen molar-refractivity contribution in [2.75, 3.05) is 30.4 Å². The van der Waals surface area contributed by atoms with Crippen molar-refractivity contribution in [1.29, 1.82) is 0 Å². The van der Waals surface area contributed by atoms with Crippen LogP contribution in [0.5, 0.6) is 0 Å². The lowest BCUT2D eigenvalue weighted by Crippen LogP contribution is -2.33. The van der Waals surface area contributed by atoms with Gasteiger partial charge in [-0.25, -0.2) is 9.97 Å². The number of hydrogen-bond donors (Lipinski definition) is 1. The van der Waals surface area contributed by atoms with Crippen molar-refractivity contribution in [2.24, 2.45) is 5.92 Å². The van der Waals surface area contributed by atoms with E-state index in [1.807, 2.05) is 38.4 Å². The number of hydrogen-bond acceptors (Lipinski definition) is 5. The summed E-state index contributed by atoms with van der Waals surface area (Å²) in [5, 5.41) is 2.88. The highest BCUT2D eigenvalue weighted by molar-refractivity contribution is 9.10. The van der Waals surface area contributed by atoms with Gasteiger partial charge in [-0.05, 0) is 24.3 Å². The predicted molar refractivity (Wildman–Crippen MR) is 103 cm³/mol. The van der Waals surface area contributed by atoms with Crippen LogP contribution < -0.4 is 15.1 Å². The Morgan fingerprint density at radius 3 is 2.92 bits per heavy atom. The third-order valence-electron chi connectivity index (χ3n) is 4.16. The summed E-state index contributed by atoms with van der Waals surface area (Å²) in [5.74, 6) is 0.0475. The topological polar surface area (TPSA) is 78.4 Å². The number of nitrogens with zero attached hydrogens (tertiary/aromatic N) is 4. The van der Waals surface area contributed by atoms with Crippen LogP contribution in [-0.4, -0.2) is 42.4 Å². The summed E-state index contributed by atoms with van der Waals surface area (Å²) >= 11 is 3.41. The molecule has 1 unspecified atom stereocenters. The number of anilines is 2. The maximum atomic E-state index is 12.5. The number of carbonyl (C=O) groups is 2. The van der Waals surface area contributed by atoms with Crippen molar-refractivity contribution >= 4 is 39.4 Å². The number of halogens is 1. The van der Waals surface area contributed by atoms with E-state index in [9.17, 15) is 9.59 Å². The molecule has 1 atom stereocenters. The molecule has 1 aliphatic heterocycles. The monoisotopic (exact) mass is 417 g/mol. The minimum atomic E-state index is -0.364. The molecule has 0 aliphatic carbocycles. The molecular weight excluding hydrogens is 398 g/mol. The van der Waals surface area contributed by atoms with E-state index < -0.39 is 0 Å². The molecule has 2 aromatic rings. The molecule has 1 N–H and O–H groups in total. The van der Waals surface area contributed by atoms with Crippen LogP contribution in [0, 0.1) is 5.92 Å². The Kier molecular flexibility index (Phi) is 5.51. The molecule has 2 amide bonds. The summed E-state index contributed by atoms with van der Waals surface area (Å²) in [4.78, 5) is 36.8. The van der Waals surface area contributed by atoms with Gasteiger partial charge in [0.15, 0.2) is 0 Å². The molecule has 1 aromatic heterocycles. The first-order chi connectivity index (χ1) is 12.4. The Bertz CT molecular complexity index is 827. The smallest absolute Gasteiger partial charge is 0.227 e. The molecule has 26 heavy (non-hydrogen) atoms. The largest absolute Gasteiger partial charge is 0.350 e. The maximum Gasteiger partial charge on any atom is 0.227 e. The van der Waals surface area contributed by atoms with Gasteiger partial charge in [0.05, 0.1) is 18.2 Å². The van der Waals surface area contributed by atoms with Gasteiger partial charge in [-0.15, -0.1) is 0 Å². The molecule has 1 aliphatic rings. The highest BCUT2D eigenvalue weighted by atomic mass is 79.9. The number of benzene rings is 1. The van der Waals surface area contributed by atoms with Crippen LogP contribution in [0.15, 0.2) is 41.0 Å². The van der Waals surface area contributed by atoms with Crippen LogP contribution >= 0.6 is 15.9 Å². The van der Waals surface area contributed by atoms with E-state index in [-0.39, 0.29) is 24.2 Å². The van der Waals surface area contributed by atoms with Crippen molar-refractivity contribution < 1.29 is 9.59 Å². The van der Waals surface area contributed by atoms with Gasteiger partial charge in [0, 0.05) is 43.4 Å². The molecular formula is C18H20BrN5O2. The lowest BCUT2D eigenvalue weighted by molar-refractivity contribution is -0.126. The van der Waals surface area contributed by atoms with Crippen molar-refractivity contribution in [3.8, 4) is 0 Å². The summed E-state index contributed by atoms with van der Waals surface area (Å²) in [6.45, 7) is 0.692. The first-order valence-corrected chi connectivity index (χ1v) is 9.06. The molecule has 136 valence electrons. The molecule has 0 radical (unpaired) electrons. The molecule has 0 spiro atoms. The van der Waals surface area contributed by atoms with Crippen molar-refractivity contribution in [1.82, 2.24) is 15.3 Å². The van der Waals surface area contributed by atoms with Crippen LogP contribution in [0.25, 0.3) is 0 Å². The van der Waals surface area contributed by atoms with Gasteiger partial charge in [-0.2, -0.15) is 0 Å². The third kappa shape index (κ3) is 4.19. The van der Waals surface area contributed by atoms with Crippen molar-refractivity contribution in [3.63, 3.8) is 0 Å². The predicted octanol–water partition coefficient (Wildman–Crippen LogP) is 1.97. The fraction of sp³-hybridized carbons (Fsp3) is 0.333. The van der Waals surface area contributed by atoms with Crippen LogP contribution in [0.2, 0.25) is 0 Å². The van der Waals surface area contributed by atoms with Gasteiger partial charge in [0.25, 0.3) is 0 Å². The Morgan fingerprint density at radius 1 is 1.38 bits per heavy atom. The van der Waals surface area contributed by atoms with E-state index in [1.54, 1.807) is 22.1 Å². The molecule has 1 fully saturated rings. The summed E-state index contributed by atoms with van der Waals surface area (Å²) in [6, 6.07) is 9.28. The first-order valence-electron chi connectivity index (χ1n) is 8.27. The summed E-state index contributed by atoms with van der Waals surface area (Å²) < 4.78 is 0.899. The summed E-state index contributed by atoms with van der Waals surface area (Å²) in [5.41, 5.74) is 1.52. The molecule has 3 rings (SSSR count). The van der Waals surface area contributed by atoms with Gasteiger partial charge < -0.3 is 15.1 Å². The number of carbonyl (C=O) groups excluding carboxylic acids is 2. The molecule has 1 aromatic carbocycles. The van der Waals surface area contributed by atoms with Gasteiger partial charge in [0.1, 0.15) is 0 Å². The van der Waals surface area contributed by atoms with Gasteiger partial charge in [-0.3, -0.25) is 9.59 Å². The number of amides is 2. The van der Waals surface area contributed by atoms with Crippen molar-refractivity contribution in [2.45, 2.75) is 13.0 Å². The highest BCUT2D eigenvalue weighted by Gasteiger charge is 2.35. The van der Waals surface area contributed by atoms with Crippen molar-refractivity contribution in [3.05, 3.63) is 46.7 Å². The SMILES string of the molecule is CN(C)c1nccc(CNC(=O)C2CC(=O)N(c3cccc(Br)c3)C2)n1. The van der Waals surface area contributed by atoms with Crippen LogP contribution in [0.4, 0.5) is 11.6 Å². The summed E-state index contributed by atoms with van der Waals surface area (Å²) in [6.07, 6.45) is 1.88. The van der Waals surface area contributed by atoms with E-state index >= 15 is 0 Å².